The Hall–Kier alpha value is -3.55. The van der Waals surface area contributed by atoms with Crippen LogP contribution in [-0.4, -0.2) is 37.0 Å². The van der Waals surface area contributed by atoms with Gasteiger partial charge in [-0.15, -0.1) is 0 Å². The summed E-state index contributed by atoms with van der Waals surface area (Å²) in [5.74, 6) is 0.617. The van der Waals surface area contributed by atoms with Gasteiger partial charge < -0.3 is 30.0 Å². The topological polar surface area (TPSA) is 89.1 Å². The number of ether oxygens (including phenoxy) is 3. The minimum absolute atomic E-state index is 0.0473. The van der Waals surface area contributed by atoms with Crippen molar-refractivity contribution in [1.82, 2.24) is 5.32 Å². The highest BCUT2D eigenvalue weighted by Crippen LogP contribution is 2.38. The van der Waals surface area contributed by atoms with Crippen molar-refractivity contribution in [2.24, 2.45) is 0 Å². The molecule has 0 aromatic heterocycles. The molecule has 0 saturated carbocycles. The molecular weight excluding hydrogens is 432 g/mol. The zero-order chi connectivity index (χ0) is 23.5. The molecule has 0 bridgehead atoms. The predicted molar refractivity (Wildman–Crippen MR) is 129 cm³/mol. The molecule has 0 atom stereocenters. The van der Waals surface area contributed by atoms with E-state index in [4.69, 9.17) is 14.2 Å². The van der Waals surface area contributed by atoms with Crippen molar-refractivity contribution in [1.29, 1.82) is 0 Å². The summed E-state index contributed by atoms with van der Waals surface area (Å²) in [4.78, 5) is 12.6. The Morgan fingerprint density at radius 1 is 1.09 bits per heavy atom. The van der Waals surface area contributed by atoms with E-state index in [9.17, 15) is 9.90 Å². The number of methoxy groups -OCH3 is 1. The van der Waals surface area contributed by atoms with E-state index >= 15 is 0 Å². The van der Waals surface area contributed by atoms with Crippen LogP contribution in [0.2, 0.25) is 0 Å². The molecule has 0 unspecified atom stereocenters. The number of aromatic hydroxyl groups is 1. The smallest absolute Gasteiger partial charge is 0.228 e. The standard InChI is InChI=1S/C27H28N2O5/c1-32-25-13-18(5-7-23(25)30)14-26(31)29-22-4-2-3-19(16-22)20-6-8-24-21(15-20)17-33-27(34-24)9-11-28-12-10-27/h2-8,13,15-16,28,30H,9-12,14,17H2,1H3,(H,29,31). The average Bonchev–Trinajstić information content (AvgIpc) is 2.85. The summed E-state index contributed by atoms with van der Waals surface area (Å²) in [6.07, 6.45) is 1.85. The third kappa shape index (κ3) is 4.71. The number of amides is 1. The third-order valence-electron chi connectivity index (χ3n) is 6.30. The van der Waals surface area contributed by atoms with Crippen LogP contribution in [0.3, 0.4) is 0 Å². The fourth-order valence-corrected chi connectivity index (χ4v) is 4.46. The number of phenols is 1. The Labute approximate surface area is 198 Å². The molecule has 1 amide bonds. The molecule has 176 valence electrons. The van der Waals surface area contributed by atoms with Crippen LogP contribution in [0.15, 0.2) is 60.7 Å². The van der Waals surface area contributed by atoms with Gasteiger partial charge in [-0.3, -0.25) is 4.79 Å². The first-order chi connectivity index (χ1) is 16.5. The molecule has 2 aliphatic rings. The van der Waals surface area contributed by atoms with Gasteiger partial charge in [-0.05, 0) is 53.1 Å². The van der Waals surface area contributed by atoms with Crippen LogP contribution in [0, 0.1) is 0 Å². The Morgan fingerprint density at radius 2 is 1.91 bits per heavy atom. The number of piperidine rings is 1. The minimum Gasteiger partial charge on any atom is -0.504 e. The van der Waals surface area contributed by atoms with E-state index in [2.05, 4.69) is 16.7 Å². The fourth-order valence-electron chi connectivity index (χ4n) is 4.46. The minimum atomic E-state index is -0.508. The number of hydrogen-bond acceptors (Lipinski definition) is 6. The molecule has 2 aliphatic heterocycles. The van der Waals surface area contributed by atoms with E-state index in [1.807, 2.05) is 36.4 Å². The number of benzene rings is 3. The molecule has 0 radical (unpaired) electrons. The third-order valence-corrected chi connectivity index (χ3v) is 6.30. The van der Waals surface area contributed by atoms with Gasteiger partial charge in [0, 0.05) is 37.2 Å². The molecule has 3 N–H and O–H groups in total. The second-order valence-electron chi connectivity index (χ2n) is 8.69. The van der Waals surface area contributed by atoms with Gasteiger partial charge in [0.1, 0.15) is 5.75 Å². The van der Waals surface area contributed by atoms with Gasteiger partial charge in [-0.2, -0.15) is 0 Å². The zero-order valence-electron chi connectivity index (χ0n) is 19.1. The highest BCUT2D eigenvalue weighted by atomic mass is 16.7. The Balaban J connectivity index is 1.28. The number of carbonyl (C=O) groups excluding carboxylic acids is 1. The van der Waals surface area contributed by atoms with Gasteiger partial charge in [-0.25, -0.2) is 0 Å². The van der Waals surface area contributed by atoms with E-state index in [-0.39, 0.29) is 18.1 Å². The van der Waals surface area contributed by atoms with E-state index in [0.717, 1.165) is 53.9 Å². The van der Waals surface area contributed by atoms with E-state index < -0.39 is 5.79 Å². The summed E-state index contributed by atoms with van der Waals surface area (Å²) in [7, 11) is 1.48. The first-order valence-electron chi connectivity index (χ1n) is 11.5. The van der Waals surface area contributed by atoms with Crippen molar-refractivity contribution in [3.63, 3.8) is 0 Å². The summed E-state index contributed by atoms with van der Waals surface area (Å²) >= 11 is 0. The summed E-state index contributed by atoms with van der Waals surface area (Å²) in [5, 5.41) is 16.0. The van der Waals surface area contributed by atoms with Crippen molar-refractivity contribution in [3.05, 3.63) is 71.8 Å². The molecule has 34 heavy (non-hydrogen) atoms. The van der Waals surface area contributed by atoms with Gasteiger partial charge in [0.25, 0.3) is 0 Å². The van der Waals surface area contributed by atoms with Gasteiger partial charge in [0.15, 0.2) is 11.5 Å². The van der Waals surface area contributed by atoms with Crippen LogP contribution in [0.1, 0.15) is 24.0 Å². The van der Waals surface area contributed by atoms with Gasteiger partial charge in [-0.1, -0.05) is 24.3 Å². The molecule has 0 aliphatic carbocycles. The zero-order valence-corrected chi connectivity index (χ0v) is 19.1. The number of carbonyl (C=O) groups is 1. The molecule has 1 saturated heterocycles. The molecule has 7 nitrogen and oxygen atoms in total. The van der Waals surface area contributed by atoms with Crippen LogP contribution in [0.5, 0.6) is 17.2 Å². The number of anilines is 1. The maximum atomic E-state index is 12.6. The first kappa shape index (κ1) is 22.3. The summed E-state index contributed by atoms with van der Waals surface area (Å²) in [6, 6.07) is 18.8. The van der Waals surface area contributed by atoms with Gasteiger partial charge >= 0.3 is 0 Å². The lowest BCUT2D eigenvalue weighted by molar-refractivity contribution is -0.218. The first-order valence-corrected chi connectivity index (χ1v) is 11.5. The molecule has 1 fully saturated rings. The molecule has 2 heterocycles. The molecular formula is C27H28N2O5. The second-order valence-corrected chi connectivity index (χ2v) is 8.69. The van der Waals surface area contributed by atoms with E-state index in [1.54, 1.807) is 12.1 Å². The summed E-state index contributed by atoms with van der Waals surface area (Å²) < 4.78 is 17.5. The molecule has 1 spiro atoms. The SMILES string of the molecule is COc1cc(CC(=O)Nc2cccc(-c3ccc4c(c3)COC3(CCNCC3)O4)c2)ccc1O. The Bertz CT molecular complexity index is 1200. The number of rotatable bonds is 5. The monoisotopic (exact) mass is 460 g/mol. The highest BCUT2D eigenvalue weighted by Gasteiger charge is 2.38. The molecule has 3 aromatic rings. The Morgan fingerprint density at radius 3 is 2.74 bits per heavy atom. The van der Waals surface area contributed by atoms with E-state index in [0.29, 0.717) is 18.0 Å². The van der Waals surface area contributed by atoms with Crippen LogP contribution in [0.25, 0.3) is 11.1 Å². The van der Waals surface area contributed by atoms with Crippen LogP contribution >= 0.6 is 0 Å². The largest absolute Gasteiger partial charge is 0.504 e. The molecule has 5 rings (SSSR count). The number of phenolic OH excluding ortho intramolecular Hbond substituents is 1. The normalized spacial score (nSPS) is 16.4. The van der Waals surface area contributed by atoms with Crippen molar-refractivity contribution in [2.45, 2.75) is 31.7 Å². The predicted octanol–water partition coefficient (Wildman–Crippen LogP) is 4.24. The quantitative estimate of drug-likeness (QED) is 0.528. The summed E-state index contributed by atoms with van der Waals surface area (Å²) in [6.45, 7) is 2.31. The number of nitrogens with one attached hydrogen (secondary N) is 2. The Kier molecular flexibility index (Phi) is 6.13. The number of fused-ring (bicyclic) bond motifs is 1. The van der Waals surface area contributed by atoms with E-state index in [1.165, 1.54) is 13.2 Å². The maximum absolute atomic E-state index is 12.6. The highest BCUT2D eigenvalue weighted by molar-refractivity contribution is 5.93. The average molecular weight is 461 g/mol. The van der Waals surface area contributed by atoms with Crippen LogP contribution in [-0.2, 0) is 22.6 Å². The second kappa shape index (κ2) is 9.37. The van der Waals surface area contributed by atoms with Crippen molar-refractivity contribution < 1.29 is 24.1 Å². The maximum Gasteiger partial charge on any atom is 0.228 e. The van der Waals surface area contributed by atoms with Crippen molar-refractivity contribution in [2.75, 3.05) is 25.5 Å². The molecule has 7 heteroatoms. The lowest BCUT2D eigenvalue weighted by atomic mass is 9.99. The lowest BCUT2D eigenvalue weighted by Gasteiger charge is -2.41. The number of hydrogen-bond donors (Lipinski definition) is 3. The van der Waals surface area contributed by atoms with Gasteiger partial charge in [0.2, 0.25) is 11.7 Å². The molecule has 3 aromatic carbocycles. The fraction of sp³-hybridized carbons (Fsp3) is 0.296. The van der Waals surface area contributed by atoms with Crippen LogP contribution < -0.4 is 20.1 Å². The van der Waals surface area contributed by atoms with Crippen molar-refractivity contribution >= 4 is 11.6 Å². The van der Waals surface area contributed by atoms with Gasteiger partial charge in [0.05, 0.1) is 20.1 Å². The lowest BCUT2D eigenvalue weighted by Crippen LogP contribution is -2.49. The summed E-state index contributed by atoms with van der Waals surface area (Å²) in [5.41, 5.74) is 4.52. The van der Waals surface area contributed by atoms with Crippen LogP contribution in [0.4, 0.5) is 5.69 Å². The van der Waals surface area contributed by atoms with Crippen molar-refractivity contribution in [3.8, 4) is 28.4 Å².